The number of hydrogen-bond acceptors (Lipinski definition) is 6. The molecule has 0 aliphatic carbocycles. The summed E-state index contributed by atoms with van der Waals surface area (Å²) in [6, 6.07) is 4.91. The van der Waals surface area contributed by atoms with E-state index < -0.39 is 0 Å². The van der Waals surface area contributed by atoms with Crippen LogP contribution in [-0.4, -0.2) is 52.9 Å². The summed E-state index contributed by atoms with van der Waals surface area (Å²) in [5.74, 6) is 1.16. The van der Waals surface area contributed by atoms with Crippen LogP contribution in [0.1, 0.15) is 30.0 Å². The predicted octanol–water partition coefficient (Wildman–Crippen LogP) is 1.36. The summed E-state index contributed by atoms with van der Waals surface area (Å²) in [6.45, 7) is 4.93. The van der Waals surface area contributed by atoms with Gasteiger partial charge in [0, 0.05) is 25.6 Å². The minimum atomic E-state index is -0.367. The van der Waals surface area contributed by atoms with Crippen molar-refractivity contribution in [3.05, 3.63) is 34.4 Å². The Balaban J connectivity index is 1.83. The number of amides is 2. The minimum absolute atomic E-state index is 0.130. The molecule has 0 aliphatic rings. The lowest BCUT2D eigenvalue weighted by atomic mass is 10.2. The number of benzene rings is 1. The Morgan fingerprint density at radius 3 is 2.54 bits per heavy atom. The van der Waals surface area contributed by atoms with Crippen molar-refractivity contribution in [3.8, 4) is 11.5 Å². The van der Waals surface area contributed by atoms with Gasteiger partial charge in [-0.2, -0.15) is 5.10 Å². The number of H-pyrrole nitrogens is 1. The van der Waals surface area contributed by atoms with E-state index >= 15 is 0 Å². The first-order valence-electron chi connectivity index (χ1n) is 9.01. The Kier molecular flexibility index (Phi) is 8.00. The molecule has 0 spiro atoms. The van der Waals surface area contributed by atoms with Gasteiger partial charge >= 0.3 is 0 Å². The van der Waals surface area contributed by atoms with Gasteiger partial charge in [-0.15, -0.1) is 0 Å². The molecule has 0 atom stereocenters. The van der Waals surface area contributed by atoms with Crippen molar-refractivity contribution < 1.29 is 19.1 Å². The molecule has 2 rings (SSSR count). The average molecular weight is 407 g/mol. The third-order valence-corrected chi connectivity index (χ3v) is 4.22. The zero-order chi connectivity index (χ0) is 20.5. The second-order valence-electron chi connectivity index (χ2n) is 5.81. The van der Waals surface area contributed by atoms with Crippen molar-refractivity contribution in [2.24, 2.45) is 7.05 Å². The number of nitrogens with one attached hydrogen (secondary N) is 3. The van der Waals surface area contributed by atoms with E-state index in [1.807, 2.05) is 13.8 Å². The molecule has 0 fully saturated rings. The summed E-state index contributed by atoms with van der Waals surface area (Å²) in [6.07, 6.45) is 0.528. The van der Waals surface area contributed by atoms with Gasteiger partial charge in [0.25, 0.3) is 5.91 Å². The quantitative estimate of drug-likeness (QED) is 0.513. The number of rotatable bonds is 10. The number of aromatic amines is 1. The zero-order valence-electron chi connectivity index (χ0n) is 16.2. The average Bonchev–Trinajstić information content (AvgIpc) is 3.00. The van der Waals surface area contributed by atoms with Crippen LogP contribution in [0.5, 0.6) is 11.5 Å². The van der Waals surface area contributed by atoms with Crippen LogP contribution in [0.4, 0.5) is 0 Å². The molecule has 28 heavy (non-hydrogen) atoms. The molecule has 0 saturated heterocycles. The molecule has 3 N–H and O–H groups in total. The van der Waals surface area contributed by atoms with Crippen LogP contribution in [0.25, 0.3) is 0 Å². The van der Waals surface area contributed by atoms with Crippen molar-refractivity contribution in [2.45, 2.75) is 20.3 Å². The van der Waals surface area contributed by atoms with Crippen molar-refractivity contribution in [1.29, 1.82) is 0 Å². The second kappa shape index (κ2) is 10.5. The van der Waals surface area contributed by atoms with E-state index in [1.54, 1.807) is 29.8 Å². The Labute approximate surface area is 168 Å². The topological polar surface area (TPSA) is 110 Å². The van der Waals surface area contributed by atoms with E-state index in [-0.39, 0.29) is 18.4 Å². The van der Waals surface area contributed by atoms with Gasteiger partial charge in [0.05, 0.1) is 19.8 Å². The Hall–Kier alpha value is -2.88. The van der Waals surface area contributed by atoms with E-state index in [2.05, 4.69) is 20.8 Å². The largest absolute Gasteiger partial charge is 0.490 e. The first kappa shape index (κ1) is 21.4. The number of nitrogens with zero attached hydrogens (tertiary/aromatic N) is 2. The van der Waals surface area contributed by atoms with Crippen LogP contribution >= 0.6 is 12.2 Å². The van der Waals surface area contributed by atoms with Gasteiger partial charge in [0.2, 0.25) is 5.91 Å². The molecule has 10 heteroatoms. The lowest BCUT2D eigenvalue weighted by Crippen LogP contribution is -2.37. The second-order valence-corrected chi connectivity index (χ2v) is 6.20. The molecular formula is C18H25N5O4S. The van der Waals surface area contributed by atoms with Crippen LogP contribution < -0.4 is 20.1 Å². The van der Waals surface area contributed by atoms with Crippen LogP contribution in [-0.2, 0) is 18.3 Å². The molecule has 0 saturated carbocycles. The highest BCUT2D eigenvalue weighted by Gasteiger charge is 2.13. The van der Waals surface area contributed by atoms with Gasteiger partial charge in [-0.05, 0) is 44.3 Å². The number of hydrogen-bond donors (Lipinski definition) is 3. The molecule has 0 aliphatic heterocycles. The molecule has 9 nitrogen and oxygen atoms in total. The summed E-state index contributed by atoms with van der Waals surface area (Å²) < 4.78 is 13.3. The third-order valence-electron chi connectivity index (χ3n) is 3.86. The maximum absolute atomic E-state index is 12.3. The molecule has 2 amide bonds. The van der Waals surface area contributed by atoms with E-state index in [4.69, 9.17) is 21.7 Å². The summed E-state index contributed by atoms with van der Waals surface area (Å²) in [5.41, 5.74) is 0.390. The first-order valence-corrected chi connectivity index (χ1v) is 9.41. The molecule has 0 unspecified atom stereocenters. The van der Waals surface area contributed by atoms with Crippen molar-refractivity contribution in [3.63, 3.8) is 0 Å². The fourth-order valence-corrected chi connectivity index (χ4v) is 2.59. The fraction of sp³-hybridized carbons (Fsp3) is 0.444. The number of aromatic nitrogens is 3. The number of ether oxygens (including phenoxy) is 2. The molecule has 0 radical (unpaired) electrons. The molecule has 2 aromatic rings. The van der Waals surface area contributed by atoms with E-state index in [1.165, 1.54) is 0 Å². The standard InChI is InChI=1S/C18H25N5O4S/c1-4-26-13-7-6-12(10-14(13)27-5-2)17(25)20-11-16(24)19-9-8-15-21-22-18(28)23(15)3/h6-7,10H,4-5,8-9,11H2,1-3H3,(H,19,24)(H,20,25)(H,22,28). The predicted molar refractivity (Wildman–Crippen MR) is 106 cm³/mol. The van der Waals surface area contributed by atoms with Gasteiger partial charge in [0.1, 0.15) is 5.82 Å². The summed E-state index contributed by atoms with van der Waals surface area (Å²) in [7, 11) is 1.80. The zero-order valence-corrected chi connectivity index (χ0v) is 17.0. The molecule has 1 aromatic heterocycles. The van der Waals surface area contributed by atoms with Gasteiger partial charge < -0.3 is 24.7 Å². The lowest BCUT2D eigenvalue weighted by molar-refractivity contribution is -0.120. The van der Waals surface area contributed by atoms with Gasteiger partial charge in [0.15, 0.2) is 16.3 Å². The fourth-order valence-electron chi connectivity index (χ4n) is 2.43. The maximum atomic E-state index is 12.3. The Morgan fingerprint density at radius 2 is 1.89 bits per heavy atom. The minimum Gasteiger partial charge on any atom is -0.490 e. The van der Waals surface area contributed by atoms with Crippen molar-refractivity contribution in [2.75, 3.05) is 26.3 Å². The molecule has 152 valence electrons. The first-order chi connectivity index (χ1) is 13.5. The van der Waals surface area contributed by atoms with E-state index in [9.17, 15) is 9.59 Å². The summed E-state index contributed by atoms with van der Waals surface area (Å²) in [4.78, 5) is 24.2. The molecule has 1 aromatic carbocycles. The van der Waals surface area contributed by atoms with Gasteiger partial charge in [-0.1, -0.05) is 0 Å². The van der Waals surface area contributed by atoms with Gasteiger partial charge in [-0.3, -0.25) is 14.7 Å². The van der Waals surface area contributed by atoms with Crippen molar-refractivity contribution >= 4 is 24.0 Å². The third kappa shape index (κ3) is 5.81. The smallest absolute Gasteiger partial charge is 0.251 e. The Bertz CT molecular complexity index is 877. The molecule has 0 bridgehead atoms. The van der Waals surface area contributed by atoms with E-state index in [0.29, 0.717) is 48.0 Å². The highest BCUT2D eigenvalue weighted by atomic mass is 32.1. The normalized spacial score (nSPS) is 10.4. The summed E-state index contributed by atoms with van der Waals surface area (Å²) in [5, 5.41) is 12.1. The molecule has 1 heterocycles. The van der Waals surface area contributed by atoms with Gasteiger partial charge in [-0.25, -0.2) is 0 Å². The van der Waals surface area contributed by atoms with Crippen LogP contribution in [0.3, 0.4) is 0 Å². The molecular weight excluding hydrogens is 382 g/mol. The monoisotopic (exact) mass is 407 g/mol. The summed E-state index contributed by atoms with van der Waals surface area (Å²) >= 11 is 5.03. The van der Waals surface area contributed by atoms with E-state index in [0.717, 1.165) is 5.82 Å². The van der Waals surface area contributed by atoms with Crippen LogP contribution in [0.15, 0.2) is 18.2 Å². The maximum Gasteiger partial charge on any atom is 0.251 e. The van der Waals surface area contributed by atoms with Crippen LogP contribution in [0.2, 0.25) is 0 Å². The highest BCUT2D eigenvalue weighted by Crippen LogP contribution is 2.28. The SMILES string of the molecule is CCOc1ccc(C(=O)NCC(=O)NCCc2n[nH]c(=S)n2C)cc1OCC. The van der Waals surface area contributed by atoms with Crippen LogP contribution in [0, 0.1) is 4.77 Å². The highest BCUT2D eigenvalue weighted by molar-refractivity contribution is 7.71. The number of carbonyl (C=O) groups is 2. The number of carbonyl (C=O) groups excluding carboxylic acids is 2. The Morgan fingerprint density at radius 1 is 1.18 bits per heavy atom. The lowest BCUT2D eigenvalue weighted by Gasteiger charge is -2.12. The van der Waals surface area contributed by atoms with Crippen molar-refractivity contribution in [1.82, 2.24) is 25.4 Å².